The van der Waals surface area contributed by atoms with Crippen LogP contribution in [0.4, 0.5) is 0 Å². The summed E-state index contributed by atoms with van der Waals surface area (Å²) < 4.78 is 25.9. The number of carbonyl (C=O) groups is 1. The monoisotopic (exact) mass is 313 g/mol. The van der Waals surface area contributed by atoms with Crippen LogP contribution in [-0.2, 0) is 21.2 Å². The van der Waals surface area contributed by atoms with E-state index in [2.05, 4.69) is 4.98 Å². The highest BCUT2D eigenvalue weighted by atomic mass is 32.2. The lowest BCUT2D eigenvalue weighted by molar-refractivity contribution is -0.119. The van der Waals surface area contributed by atoms with E-state index >= 15 is 0 Å². The van der Waals surface area contributed by atoms with E-state index in [1.165, 1.54) is 12.8 Å². The number of hydrogen-bond donors (Lipinski definition) is 1. The highest BCUT2D eigenvalue weighted by molar-refractivity contribution is 7.89. The second-order valence-electron chi connectivity index (χ2n) is 5.12. The Bertz CT molecular complexity index is 756. The minimum Gasteiger partial charge on any atom is -0.294 e. The molecule has 3 rings (SSSR count). The van der Waals surface area contributed by atoms with Crippen LogP contribution in [0.2, 0.25) is 0 Å². The molecule has 0 atom stereocenters. The van der Waals surface area contributed by atoms with Gasteiger partial charge >= 0.3 is 0 Å². The Balaban J connectivity index is 1.69. The largest absolute Gasteiger partial charge is 0.294 e. The third kappa shape index (κ3) is 3.01. The van der Waals surface area contributed by atoms with Gasteiger partial charge in [-0.05, 0) is 19.3 Å². The van der Waals surface area contributed by atoms with E-state index < -0.39 is 15.9 Å². The number of nitrogens with zero attached hydrogens (tertiary/aromatic N) is 2. The first-order chi connectivity index (χ1) is 9.42. The lowest BCUT2D eigenvalue weighted by atomic mass is 10.2. The third-order valence-electron chi connectivity index (χ3n) is 3.21. The molecule has 0 bridgehead atoms. The fourth-order valence-corrected chi connectivity index (χ4v) is 3.53. The maximum Gasteiger partial charge on any atom is 0.233 e. The first kappa shape index (κ1) is 13.6. The molecule has 1 aliphatic rings. The van der Waals surface area contributed by atoms with Crippen molar-refractivity contribution in [2.24, 2.45) is 0 Å². The highest BCUT2D eigenvalue weighted by Crippen LogP contribution is 2.40. The zero-order valence-electron chi connectivity index (χ0n) is 11.0. The average molecular weight is 313 g/mol. The Morgan fingerprint density at radius 2 is 2.30 bits per heavy atom. The minimum atomic E-state index is -3.47. The molecular weight excluding hydrogens is 298 g/mol. The van der Waals surface area contributed by atoms with Gasteiger partial charge in [0.25, 0.3) is 0 Å². The van der Waals surface area contributed by atoms with Gasteiger partial charge in [-0.15, -0.1) is 11.3 Å². The number of imidazole rings is 1. The first-order valence-corrected chi connectivity index (χ1v) is 9.15. The SMILES string of the molecule is CS(=O)(=O)NC(=O)CCc1csc2nc(C3CC3)cn12. The van der Waals surface area contributed by atoms with Crippen molar-refractivity contribution in [3.8, 4) is 0 Å². The fourth-order valence-electron chi connectivity index (χ4n) is 2.10. The summed E-state index contributed by atoms with van der Waals surface area (Å²) in [5.74, 6) is 0.123. The second-order valence-corrected chi connectivity index (χ2v) is 7.70. The maximum atomic E-state index is 11.5. The lowest BCUT2D eigenvalue weighted by Gasteiger charge is -2.02. The molecule has 1 N–H and O–H groups in total. The van der Waals surface area contributed by atoms with Gasteiger partial charge in [0.15, 0.2) is 4.96 Å². The van der Waals surface area contributed by atoms with Gasteiger partial charge in [0, 0.05) is 29.6 Å². The first-order valence-electron chi connectivity index (χ1n) is 6.38. The van der Waals surface area contributed by atoms with Gasteiger partial charge in [0.05, 0.1) is 11.9 Å². The zero-order chi connectivity index (χ0) is 14.3. The molecule has 6 nitrogen and oxygen atoms in total. The van der Waals surface area contributed by atoms with Gasteiger partial charge in [0.1, 0.15) is 0 Å². The number of sulfonamides is 1. The molecule has 0 radical (unpaired) electrons. The predicted molar refractivity (Wildman–Crippen MR) is 76.4 cm³/mol. The molecule has 2 aromatic rings. The normalized spacial score (nSPS) is 15.7. The van der Waals surface area contributed by atoms with Gasteiger partial charge < -0.3 is 0 Å². The van der Waals surface area contributed by atoms with Crippen LogP contribution in [0.1, 0.15) is 36.6 Å². The fraction of sp³-hybridized carbons (Fsp3) is 0.500. The Morgan fingerprint density at radius 1 is 1.55 bits per heavy atom. The molecule has 1 saturated carbocycles. The highest BCUT2D eigenvalue weighted by Gasteiger charge is 2.26. The third-order valence-corrected chi connectivity index (χ3v) is 4.69. The molecule has 1 amide bonds. The number of fused-ring (bicyclic) bond motifs is 1. The van der Waals surface area contributed by atoms with Crippen LogP contribution in [0.25, 0.3) is 4.96 Å². The Labute approximate surface area is 120 Å². The number of aryl methyl sites for hydroxylation is 1. The van der Waals surface area contributed by atoms with E-state index in [9.17, 15) is 13.2 Å². The smallest absolute Gasteiger partial charge is 0.233 e. The van der Waals surface area contributed by atoms with Crippen LogP contribution < -0.4 is 4.72 Å². The average Bonchev–Trinajstić information content (AvgIpc) is 2.97. The summed E-state index contributed by atoms with van der Waals surface area (Å²) in [5.41, 5.74) is 2.12. The van der Waals surface area contributed by atoms with Gasteiger partial charge in [-0.3, -0.25) is 13.9 Å². The molecule has 2 aromatic heterocycles. The van der Waals surface area contributed by atoms with Crippen molar-refractivity contribution in [1.82, 2.24) is 14.1 Å². The van der Waals surface area contributed by atoms with Gasteiger partial charge in [-0.25, -0.2) is 13.4 Å². The number of rotatable bonds is 5. The maximum absolute atomic E-state index is 11.5. The van der Waals surface area contributed by atoms with Crippen molar-refractivity contribution >= 4 is 32.2 Å². The molecule has 1 aliphatic carbocycles. The molecule has 0 saturated heterocycles. The van der Waals surface area contributed by atoms with E-state index in [0.29, 0.717) is 12.3 Å². The van der Waals surface area contributed by atoms with Crippen molar-refractivity contribution in [1.29, 1.82) is 0 Å². The quantitative estimate of drug-likeness (QED) is 0.901. The van der Waals surface area contributed by atoms with E-state index in [1.54, 1.807) is 11.3 Å². The summed E-state index contributed by atoms with van der Waals surface area (Å²) in [5, 5.41) is 1.97. The Kier molecular flexibility index (Phi) is 3.29. The number of amides is 1. The number of carbonyl (C=O) groups excluding carboxylic acids is 1. The van der Waals surface area contributed by atoms with Crippen molar-refractivity contribution in [2.75, 3.05) is 6.26 Å². The molecule has 1 fully saturated rings. The van der Waals surface area contributed by atoms with E-state index in [-0.39, 0.29) is 6.42 Å². The molecule has 2 heterocycles. The number of hydrogen-bond acceptors (Lipinski definition) is 5. The van der Waals surface area contributed by atoms with Crippen LogP contribution in [0, 0.1) is 0 Å². The topological polar surface area (TPSA) is 80.5 Å². The van der Waals surface area contributed by atoms with Crippen LogP contribution in [0.5, 0.6) is 0 Å². The van der Waals surface area contributed by atoms with Gasteiger partial charge in [-0.2, -0.15) is 0 Å². The van der Waals surface area contributed by atoms with Gasteiger partial charge in [-0.1, -0.05) is 0 Å². The summed E-state index contributed by atoms with van der Waals surface area (Å²) in [6.45, 7) is 0. The number of aromatic nitrogens is 2. The molecule has 108 valence electrons. The minimum absolute atomic E-state index is 0.149. The van der Waals surface area contributed by atoms with Crippen molar-refractivity contribution in [2.45, 2.75) is 31.6 Å². The molecule has 0 aromatic carbocycles. The van der Waals surface area contributed by atoms with Crippen LogP contribution in [0.3, 0.4) is 0 Å². The van der Waals surface area contributed by atoms with Crippen LogP contribution >= 0.6 is 11.3 Å². The summed E-state index contributed by atoms with van der Waals surface area (Å²) in [7, 11) is -3.47. The Morgan fingerprint density at radius 3 is 2.95 bits per heavy atom. The lowest BCUT2D eigenvalue weighted by Crippen LogP contribution is -2.29. The van der Waals surface area contributed by atoms with E-state index in [0.717, 1.165) is 22.6 Å². The second kappa shape index (κ2) is 4.85. The van der Waals surface area contributed by atoms with Crippen molar-refractivity contribution < 1.29 is 13.2 Å². The van der Waals surface area contributed by atoms with Gasteiger partial charge in [0.2, 0.25) is 15.9 Å². The zero-order valence-corrected chi connectivity index (χ0v) is 12.6. The number of thiazole rings is 1. The molecule has 0 aliphatic heterocycles. The molecule has 0 unspecified atom stereocenters. The van der Waals surface area contributed by atoms with Crippen molar-refractivity contribution in [3.05, 3.63) is 23.0 Å². The van der Waals surface area contributed by atoms with Crippen LogP contribution in [-0.4, -0.2) is 30.0 Å². The van der Waals surface area contributed by atoms with E-state index in [4.69, 9.17) is 0 Å². The molecular formula is C12H15N3O3S2. The molecule has 20 heavy (non-hydrogen) atoms. The molecule has 8 heteroatoms. The van der Waals surface area contributed by atoms with Crippen molar-refractivity contribution in [3.63, 3.8) is 0 Å². The summed E-state index contributed by atoms with van der Waals surface area (Å²) >= 11 is 1.55. The number of nitrogens with one attached hydrogen (secondary N) is 1. The molecule has 0 spiro atoms. The standard InChI is InChI=1S/C12H15N3O3S2/c1-20(17,18)14-11(16)5-4-9-7-19-12-13-10(6-15(9)12)8-2-3-8/h6-8H,2-5H2,1H3,(H,14,16). The summed E-state index contributed by atoms with van der Waals surface area (Å²) in [4.78, 5) is 17.0. The predicted octanol–water partition coefficient (Wildman–Crippen LogP) is 1.28. The van der Waals surface area contributed by atoms with E-state index in [1.807, 2.05) is 20.7 Å². The summed E-state index contributed by atoms with van der Waals surface area (Å²) in [6.07, 6.45) is 6.07. The Hall–Kier alpha value is -1.41. The summed E-state index contributed by atoms with van der Waals surface area (Å²) in [6, 6.07) is 0. The van der Waals surface area contributed by atoms with Crippen LogP contribution in [0.15, 0.2) is 11.6 Å².